The van der Waals surface area contributed by atoms with Crippen LogP contribution in [0, 0.1) is 5.82 Å². The van der Waals surface area contributed by atoms with Crippen molar-refractivity contribution in [2.45, 2.75) is 11.1 Å². The number of hydrogen-bond acceptors (Lipinski definition) is 6. The Morgan fingerprint density at radius 3 is 2.24 bits per heavy atom. The van der Waals surface area contributed by atoms with Gasteiger partial charge in [0.1, 0.15) is 5.82 Å². The largest absolute Gasteiger partial charge is 0.419 e. The standard InChI is InChI=1S/C23H19F4N7O3S/c1-34(2)38(36,37)16-7-3-13(4-8-16)14-5-10-20(17(11-14)21-30-32-33-31-21)29-22(35)28-15-6-9-19(24)18(12-15)23(25,26)27/h3-12H,1-2H3,(H2,28,29,35)(H,30,31,32,33). The van der Waals surface area contributed by atoms with E-state index in [0.29, 0.717) is 28.8 Å². The Morgan fingerprint density at radius 1 is 0.947 bits per heavy atom. The quantitative estimate of drug-likeness (QED) is 0.302. The van der Waals surface area contributed by atoms with E-state index in [1.807, 2.05) is 0 Å². The first-order valence-corrected chi connectivity index (χ1v) is 12.2. The van der Waals surface area contributed by atoms with E-state index in [2.05, 4.69) is 31.3 Å². The van der Waals surface area contributed by atoms with Gasteiger partial charge in [0.05, 0.1) is 16.1 Å². The number of tetrazole rings is 1. The number of hydrogen-bond donors (Lipinski definition) is 3. The minimum Gasteiger partial charge on any atom is -0.308 e. The van der Waals surface area contributed by atoms with Gasteiger partial charge in [-0.2, -0.15) is 18.4 Å². The fourth-order valence-corrected chi connectivity index (χ4v) is 4.33. The van der Waals surface area contributed by atoms with Crippen LogP contribution in [0.15, 0.2) is 65.6 Å². The van der Waals surface area contributed by atoms with Crippen molar-refractivity contribution in [3.63, 3.8) is 0 Å². The number of aromatic amines is 1. The van der Waals surface area contributed by atoms with Gasteiger partial charge in [-0.3, -0.25) is 0 Å². The number of benzene rings is 3. The van der Waals surface area contributed by atoms with E-state index in [9.17, 15) is 30.8 Å². The Hall–Kier alpha value is -4.37. The summed E-state index contributed by atoms with van der Waals surface area (Å²) in [5.74, 6) is -1.36. The fraction of sp³-hybridized carbons (Fsp3) is 0.130. The minimum absolute atomic E-state index is 0.106. The highest BCUT2D eigenvalue weighted by molar-refractivity contribution is 7.89. The maximum Gasteiger partial charge on any atom is 0.419 e. The van der Waals surface area contributed by atoms with Crippen molar-refractivity contribution in [2.75, 3.05) is 24.7 Å². The molecule has 1 aromatic heterocycles. The second-order valence-electron chi connectivity index (χ2n) is 8.08. The molecule has 0 saturated heterocycles. The number of sulfonamides is 1. The molecule has 15 heteroatoms. The van der Waals surface area contributed by atoms with Crippen LogP contribution in [-0.4, -0.2) is 53.5 Å². The van der Waals surface area contributed by atoms with E-state index in [-0.39, 0.29) is 22.1 Å². The molecule has 198 valence electrons. The van der Waals surface area contributed by atoms with Crippen LogP contribution in [0.2, 0.25) is 0 Å². The van der Waals surface area contributed by atoms with Crippen molar-refractivity contribution in [2.24, 2.45) is 0 Å². The Bertz CT molecular complexity index is 1570. The van der Waals surface area contributed by atoms with E-state index in [4.69, 9.17) is 0 Å². The lowest BCUT2D eigenvalue weighted by Gasteiger charge is -2.14. The van der Waals surface area contributed by atoms with Crippen LogP contribution < -0.4 is 10.6 Å². The SMILES string of the molecule is CN(C)S(=O)(=O)c1ccc(-c2ccc(NC(=O)Nc3ccc(F)c(C(F)(F)F)c3)c(-c3nn[nH]n3)c2)cc1. The molecule has 2 amide bonds. The summed E-state index contributed by atoms with van der Waals surface area (Å²) in [5, 5.41) is 18.4. The molecular formula is C23H19F4N7O3S. The molecule has 38 heavy (non-hydrogen) atoms. The third-order valence-electron chi connectivity index (χ3n) is 5.35. The molecule has 0 saturated carbocycles. The summed E-state index contributed by atoms with van der Waals surface area (Å²) < 4.78 is 78.3. The van der Waals surface area contributed by atoms with E-state index < -0.39 is 33.6 Å². The third kappa shape index (κ3) is 5.63. The predicted octanol–water partition coefficient (Wildman–Crippen LogP) is 4.59. The molecular weight excluding hydrogens is 530 g/mol. The first kappa shape index (κ1) is 26.7. The fourth-order valence-electron chi connectivity index (χ4n) is 3.43. The Labute approximate surface area is 213 Å². The van der Waals surface area contributed by atoms with Crippen LogP contribution in [0.4, 0.5) is 33.7 Å². The van der Waals surface area contributed by atoms with Gasteiger partial charge >= 0.3 is 12.2 Å². The molecule has 0 fully saturated rings. The summed E-state index contributed by atoms with van der Waals surface area (Å²) in [4.78, 5) is 12.7. The second kappa shape index (κ2) is 10.2. The number of aromatic nitrogens is 4. The van der Waals surface area contributed by atoms with Crippen molar-refractivity contribution in [1.29, 1.82) is 0 Å². The number of H-pyrrole nitrogens is 1. The average molecular weight is 550 g/mol. The maximum absolute atomic E-state index is 13.6. The summed E-state index contributed by atoms with van der Waals surface area (Å²) in [5.41, 5.74) is -0.0188. The topological polar surface area (TPSA) is 133 Å². The van der Waals surface area contributed by atoms with Crippen molar-refractivity contribution >= 4 is 27.4 Å². The minimum atomic E-state index is -4.94. The van der Waals surface area contributed by atoms with Gasteiger partial charge in [0.25, 0.3) is 0 Å². The van der Waals surface area contributed by atoms with E-state index in [0.717, 1.165) is 10.4 Å². The Kier molecular flexibility index (Phi) is 7.15. The van der Waals surface area contributed by atoms with Gasteiger partial charge in [-0.25, -0.2) is 21.9 Å². The molecule has 4 aromatic rings. The summed E-state index contributed by atoms with van der Waals surface area (Å²) in [7, 11) is -0.767. The van der Waals surface area contributed by atoms with Gasteiger partial charge < -0.3 is 10.6 Å². The molecule has 0 aliphatic rings. The van der Waals surface area contributed by atoms with Crippen LogP contribution in [0.25, 0.3) is 22.5 Å². The number of anilines is 2. The summed E-state index contributed by atoms with van der Waals surface area (Å²) in [6, 6.07) is 12.1. The summed E-state index contributed by atoms with van der Waals surface area (Å²) in [6.45, 7) is 0. The van der Waals surface area contributed by atoms with Crippen LogP contribution >= 0.6 is 0 Å². The van der Waals surface area contributed by atoms with Crippen molar-refractivity contribution in [1.82, 2.24) is 24.9 Å². The van der Waals surface area contributed by atoms with Gasteiger partial charge in [-0.15, -0.1) is 10.2 Å². The molecule has 0 spiro atoms. The first-order chi connectivity index (χ1) is 17.9. The molecule has 3 aromatic carbocycles. The van der Waals surface area contributed by atoms with Gasteiger partial charge in [0, 0.05) is 25.3 Å². The molecule has 0 unspecified atom stereocenters. The number of nitrogens with zero attached hydrogens (tertiary/aromatic N) is 4. The molecule has 3 N–H and O–H groups in total. The average Bonchev–Trinajstić information content (AvgIpc) is 3.39. The molecule has 0 bridgehead atoms. The number of carbonyl (C=O) groups excluding carboxylic acids is 1. The zero-order chi connectivity index (χ0) is 27.7. The zero-order valence-corrected chi connectivity index (χ0v) is 20.5. The highest BCUT2D eigenvalue weighted by atomic mass is 32.2. The van der Waals surface area contributed by atoms with Crippen LogP contribution in [0.5, 0.6) is 0 Å². The first-order valence-electron chi connectivity index (χ1n) is 10.7. The van der Waals surface area contributed by atoms with E-state index in [1.165, 1.54) is 32.3 Å². The molecule has 4 rings (SSSR count). The number of rotatable bonds is 6. The number of urea groups is 1. The number of nitrogens with one attached hydrogen (secondary N) is 3. The van der Waals surface area contributed by atoms with Gasteiger partial charge in [-0.1, -0.05) is 18.2 Å². The van der Waals surface area contributed by atoms with Crippen LogP contribution in [-0.2, 0) is 16.2 Å². The van der Waals surface area contributed by atoms with Gasteiger partial charge in [-0.05, 0) is 58.8 Å². The summed E-state index contributed by atoms with van der Waals surface area (Å²) >= 11 is 0. The summed E-state index contributed by atoms with van der Waals surface area (Å²) in [6.07, 6.45) is -4.94. The molecule has 1 heterocycles. The second-order valence-corrected chi connectivity index (χ2v) is 10.2. The molecule has 0 aliphatic carbocycles. The lowest BCUT2D eigenvalue weighted by molar-refractivity contribution is -0.139. The highest BCUT2D eigenvalue weighted by Crippen LogP contribution is 2.34. The number of amides is 2. The Balaban J connectivity index is 1.62. The van der Waals surface area contributed by atoms with Crippen molar-refractivity contribution < 1.29 is 30.8 Å². The molecule has 0 radical (unpaired) electrons. The van der Waals surface area contributed by atoms with Crippen LogP contribution in [0.3, 0.4) is 0 Å². The van der Waals surface area contributed by atoms with Crippen molar-refractivity contribution in [3.05, 3.63) is 72.0 Å². The normalized spacial score (nSPS) is 12.0. The van der Waals surface area contributed by atoms with E-state index in [1.54, 1.807) is 24.3 Å². The van der Waals surface area contributed by atoms with Crippen LogP contribution in [0.1, 0.15) is 5.56 Å². The Morgan fingerprint density at radius 2 is 1.63 bits per heavy atom. The van der Waals surface area contributed by atoms with Gasteiger partial charge in [0.2, 0.25) is 15.8 Å². The van der Waals surface area contributed by atoms with Gasteiger partial charge in [0.15, 0.2) is 0 Å². The van der Waals surface area contributed by atoms with Crippen molar-refractivity contribution in [3.8, 4) is 22.5 Å². The zero-order valence-electron chi connectivity index (χ0n) is 19.7. The predicted molar refractivity (Wildman–Crippen MR) is 130 cm³/mol. The third-order valence-corrected chi connectivity index (χ3v) is 7.18. The molecule has 10 nitrogen and oxygen atoms in total. The highest BCUT2D eigenvalue weighted by Gasteiger charge is 2.34. The lowest BCUT2D eigenvalue weighted by atomic mass is 10.0. The number of carbonyl (C=O) groups is 1. The smallest absolute Gasteiger partial charge is 0.308 e. The number of alkyl halides is 3. The van der Waals surface area contributed by atoms with E-state index >= 15 is 0 Å². The lowest BCUT2D eigenvalue weighted by Crippen LogP contribution is -2.22. The molecule has 0 aliphatic heterocycles. The maximum atomic E-state index is 13.6. The monoisotopic (exact) mass is 549 g/mol. The molecule has 0 atom stereocenters. The number of halogens is 4.